The molecule has 1 saturated carbocycles. The number of rotatable bonds is 2. The Labute approximate surface area is 76.7 Å². The van der Waals surface area contributed by atoms with E-state index in [4.69, 9.17) is 5.73 Å². The Hall–Kier alpha value is -0.0400. The van der Waals surface area contributed by atoms with Crippen molar-refractivity contribution in [1.82, 2.24) is 0 Å². The van der Waals surface area contributed by atoms with Crippen LogP contribution in [0.3, 0.4) is 0 Å². The Morgan fingerprint density at radius 3 is 2.33 bits per heavy atom. The van der Waals surface area contributed by atoms with Gasteiger partial charge in [-0.3, -0.25) is 0 Å². The summed E-state index contributed by atoms with van der Waals surface area (Å²) in [5, 5.41) is 0. The molecule has 72 valence electrons. The fraction of sp³-hybridized carbons (Fsp3) is 1.00. The normalized spacial score (nSPS) is 39.5. The number of nitrogens with two attached hydrogens (primary N) is 1. The third-order valence-corrected chi connectivity index (χ3v) is 3.80. The fourth-order valence-electron chi connectivity index (χ4n) is 2.20. The van der Waals surface area contributed by atoms with Gasteiger partial charge in [-0.15, -0.1) is 0 Å². The molecule has 12 heavy (non-hydrogen) atoms. The van der Waals surface area contributed by atoms with Crippen molar-refractivity contribution < 1.29 is 0 Å². The van der Waals surface area contributed by atoms with Gasteiger partial charge in [-0.1, -0.05) is 27.2 Å². The summed E-state index contributed by atoms with van der Waals surface area (Å²) in [4.78, 5) is 0. The lowest BCUT2D eigenvalue weighted by molar-refractivity contribution is 0.174. The SMILES string of the molecule is CC[C@H](C)C1(N)CCC(C)CC1. The number of hydrogen-bond acceptors (Lipinski definition) is 1. The van der Waals surface area contributed by atoms with E-state index in [1.54, 1.807) is 0 Å². The summed E-state index contributed by atoms with van der Waals surface area (Å²) in [6.07, 6.45) is 6.37. The van der Waals surface area contributed by atoms with Crippen LogP contribution >= 0.6 is 0 Å². The first-order valence-corrected chi connectivity index (χ1v) is 5.37. The summed E-state index contributed by atoms with van der Waals surface area (Å²) in [5.74, 6) is 1.61. The van der Waals surface area contributed by atoms with E-state index in [1.807, 2.05) is 0 Å². The van der Waals surface area contributed by atoms with Gasteiger partial charge in [0.25, 0.3) is 0 Å². The van der Waals surface area contributed by atoms with Crippen molar-refractivity contribution >= 4 is 0 Å². The molecule has 1 atom stereocenters. The van der Waals surface area contributed by atoms with Gasteiger partial charge in [0.1, 0.15) is 0 Å². The molecule has 1 fully saturated rings. The quantitative estimate of drug-likeness (QED) is 0.675. The molecule has 0 aromatic carbocycles. The molecule has 0 unspecified atom stereocenters. The van der Waals surface area contributed by atoms with Gasteiger partial charge in [-0.05, 0) is 37.5 Å². The third kappa shape index (κ3) is 2.01. The van der Waals surface area contributed by atoms with E-state index >= 15 is 0 Å². The minimum absolute atomic E-state index is 0.168. The zero-order valence-electron chi connectivity index (χ0n) is 8.77. The summed E-state index contributed by atoms with van der Waals surface area (Å²) in [6, 6.07) is 0. The average Bonchev–Trinajstić information content (AvgIpc) is 2.09. The molecule has 1 rings (SSSR count). The van der Waals surface area contributed by atoms with Gasteiger partial charge in [0, 0.05) is 5.54 Å². The van der Waals surface area contributed by atoms with Crippen molar-refractivity contribution in [2.24, 2.45) is 17.6 Å². The molecule has 0 radical (unpaired) electrons. The van der Waals surface area contributed by atoms with Crippen LogP contribution in [0.2, 0.25) is 0 Å². The largest absolute Gasteiger partial charge is 0.325 e. The minimum Gasteiger partial charge on any atom is -0.325 e. The first-order valence-electron chi connectivity index (χ1n) is 5.37. The second-order valence-corrected chi connectivity index (χ2v) is 4.72. The summed E-state index contributed by atoms with van der Waals surface area (Å²) in [7, 11) is 0. The van der Waals surface area contributed by atoms with E-state index in [1.165, 1.54) is 32.1 Å². The van der Waals surface area contributed by atoms with Crippen molar-refractivity contribution in [1.29, 1.82) is 0 Å². The molecule has 1 aliphatic rings. The van der Waals surface area contributed by atoms with Crippen LogP contribution in [0, 0.1) is 11.8 Å². The number of hydrogen-bond donors (Lipinski definition) is 1. The highest BCUT2D eigenvalue weighted by Gasteiger charge is 2.33. The predicted molar refractivity (Wildman–Crippen MR) is 54.0 cm³/mol. The topological polar surface area (TPSA) is 26.0 Å². The Morgan fingerprint density at radius 2 is 1.92 bits per heavy atom. The maximum Gasteiger partial charge on any atom is 0.0180 e. The van der Waals surface area contributed by atoms with Crippen LogP contribution in [-0.4, -0.2) is 5.54 Å². The molecule has 1 aliphatic carbocycles. The van der Waals surface area contributed by atoms with Crippen LogP contribution in [0.5, 0.6) is 0 Å². The van der Waals surface area contributed by atoms with E-state index in [9.17, 15) is 0 Å². The molecule has 1 nitrogen and oxygen atoms in total. The molecule has 2 N–H and O–H groups in total. The van der Waals surface area contributed by atoms with Gasteiger partial charge in [-0.25, -0.2) is 0 Å². The van der Waals surface area contributed by atoms with E-state index in [0.29, 0.717) is 5.92 Å². The monoisotopic (exact) mass is 169 g/mol. The van der Waals surface area contributed by atoms with Crippen LogP contribution in [0.4, 0.5) is 0 Å². The summed E-state index contributed by atoms with van der Waals surface area (Å²) in [5.41, 5.74) is 6.54. The highest BCUT2D eigenvalue weighted by molar-refractivity contribution is 4.92. The van der Waals surface area contributed by atoms with Gasteiger partial charge in [0.2, 0.25) is 0 Å². The minimum atomic E-state index is 0.168. The first-order chi connectivity index (χ1) is 5.58. The van der Waals surface area contributed by atoms with E-state index in [-0.39, 0.29) is 5.54 Å². The zero-order valence-corrected chi connectivity index (χ0v) is 8.77. The average molecular weight is 169 g/mol. The van der Waals surface area contributed by atoms with Crippen LogP contribution < -0.4 is 5.73 Å². The smallest absolute Gasteiger partial charge is 0.0180 e. The summed E-state index contributed by atoms with van der Waals surface area (Å²) < 4.78 is 0. The lowest BCUT2D eigenvalue weighted by Crippen LogP contribution is -2.48. The van der Waals surface area contributed by atoms with Crippen LogP contribution in [0.1, 0.15) is 52.9 Å². The highest BCUT2D eigenvalue weighted by atomic mass is 14.8. The maximum absolute atomic E-state index is 6.38. The third-order valence-electron chi connectivity index (χ3n) is 3.80. The second-order valence-electron chi connectivity index (χ2n) is 4.72. The molecular weight excluding hydrogens is 146 g/mol. The lowest BCUT2D eigenvalue weighted by Gasteiger charge is -2.40. The molecular formula is C11H23N. The Balaban J connectivity index is 2.49. The van der Waals surface area contributed by atoms with Gasteiger partial charge in [-0.2, -0.15) is 0 Å². The first kappa shape index (κ1) is 10.0. The van der Waals surface area contributed by atoms with E-state index in [2.05, 4.69) is 20.8 Å². The molecule has 0 heterocycles. The van der Waals surface area contributed by atoms with Crippen molar-refractivity contribution in [2.45, 2.75) is 58.4 Å². The Morgan fingerprint density at radius 1 is 1.42 bits per heavy atom. The van der Waals surface area contributed by atoms with Gasteiger partial charge in [0.05, 0.1) is 0 Å². The second kappa shape index (κ2) is 3.78. The summed E-state index contributed by atoms with van der Waals surface area (Å²) in [6.45, 7) is 6.89. The van der Waals surface area contributed by atoms with Gasteiger partial charge < -0.3 is 5.73 Å². The zero-order chi connectivity index (χ0) is 9.19. The van der Waals surface area contributed by atoms with E-state index < -0.39 is 0 Å². The van der Waals surface area contributed by atoms with Crippen molar-refractivity contribution in [3.8, 4) is 0 Å². The van der Waals surface area contributed by atoms with Crippen molar-refractivity contribution in [3.05, 3.63) is 0 Å². The molecule has 0 aromatic heterocycles. The van der Waals surface area contributed by atoms with Crippen LogP contribution in [-0.2, 0) is 0 Å². The van der Waals surface area contributed by atoms with E-state index in [0.717, 1.165) is 5.92 Å². The Kier molecular flexibility index (Phi) is 3.16. The van der Waals surface area contributed by atoms with Crippen molar-refractivity contribution in [2.75, 3.05) is 0 Å². The molecule has 0 spiro atoms. The Bertz CT molecular complexity index is 134. The van der Waals surface area contributed by atoms with Crippen molar-refractivity contribution in [3.63, 3.8) is 0 Å². The van der Waals surface area contributed by atoms with Gasteiger partial charge >= 0.3 is 0 Å². The van der Waals surface area contributed by atoms with Gasteiger partial charge in [0.15, 0.2) is 0 Å². The molecule has 0 amide bonds. The molecule has 1 heteroatoms. The lowest BCUT2D eigenvalue weighted by atomic mass is 9.70. The molecule has 0 aromatic rings. The summed E-state index contributed by atoms with van der Waals surface area (Å²) >= 11 is 0. The fourth-order valence-corrected chi connectivity index (χ4v) is 2.20. The highest BCUT2D eigenvalue weighted by Crippen LogP contribution is 2.35. The standard InChI is InChI=1S/C11H23N/c1-4-10(3)11(12)7-5-9(2)6-8-11/h9-10H,4-8,12H2,1-3H3/t9?,10-,11?/m0/s1. The molecule has 0 saturated heterocycles. The van der Waals surface area contributed by atoms with Crippen LogP contribution in [0.25, 0.3) is 0 Å². The molecule has 0 bridgehead atoms. The maximum atomic E-state index is 6.38. The van der Waals surface area contributed by atoms with Crippen LogP contribution in [0.15, 0.2) is 0 Å². The molecule has 0 aliphatic heterocycles. The predicted octanol–water partition coefficient (Wildman–Crippen LogP) is 2.94.